The Labute approximate surface area is 260 Å². The average Bonchev–Trinajstić information content (AvgIpc) is 3.00. The second-order valence-electron chi connectivity index (χ2n) is 12.0. The quantitative estimate of drug-likeness (QED) is 0.0601. The zero-order valence-corrected chi connectivity index (χ0v) is 27.0. The second kappa shape index (κ2) is 25.9. The molecule has 1 heterocycles. The van der Waals surface area contributed by atoms with Gasteiger partial charge in [-0.25, -0.2) is 0 Å². The third kappa shape index (κ3) is 18.3. The molecule has 1 rings (SSSR count). The van der Waals surface area contributed by atoms with Crippen molar-refractivity contribution in [1.82, 2.24) is 5.32 Å². The lowest BCUT2D eigenvalue weighted by atomic mass is 9.99. The second-order valence-corrected chi connectivity index (χ2v) is 12.0. The molecular weight excluding hydrogens is 550 g/mol. The third-order valence-corrected chi connectivity index (χ3v) is 8.06. The molecule has 0 radical (unpaired) electrons. The molecule has 0 aromatic rings. The predicted octanol–water partition coefficient (Wildman–Crippen LogP) is 4.82. The van der Waals surface area contributed by atoms with Crippen LogP contribution < -0.4 is 5.32 Å². The zero-order chi connectivity index (χ0) is 31.7. The normalized spacial score (nSPS) is 24.1. The van der Waals surface area contributed by atoms with E-state index < -0.39 is 49.5 Å². The molecule has 6 N–H and O–H groups in total. The smallest absolute Gasteiger partial charge is 0.220 e. The molecule has 0 aliphatic carbocycles. The van der Waals surface area contributed by atoms with Gasteiger partial charge in [-0.1, -0.05) is 102 Å². The summed E-state index contributed by atoms with van der Waals surface area (Å²) in [6.45, 7) is 3.60. The van der Waals surface area contributed by atoms with Crippen LogP contribution in [0.15, 0.2) is 24.3 Å². The molecule has 0 aromatic heterocycles. The Bertz CT molecular complexity index is 731. The van der Waals surface area contributed by atoms with Crippen LogP contribution in [0.1, 0.15) is 129 Å². The van der Waals surface area contributed by atoms with Gasteiger partial charge >= 0.3 is 0 Å². The van der Waals surface area contributed by atoms with E-state index in [1.54, 1.807) is 0 Å². The van der Waals surface area contributed by atoms with Crippen molar-refractivity contribution in [3.05, 3.63) is 24.3 Å². The summed E-state index contributed by atoms with van der Waals surface area (Å²) in [5.74, 6) is -0.167. The molecule has 0 bridgehead atoms. The van der Waals surface area contributed by atoms with E-state index in [2.05, 4.69) is 43.5 Å². The highest BCUT2D eigenvalue weighted by molar-refractivity contribution is 5.76. The van der Waals surface area contributed by atoms with Gasteiger partial charge in [-0.2, -0.15) is 0 Å². The van der Waals surface area contributed by atoms with Crippen molar-refractivity contribution in [2.24, 2.45) is 0 Å². The highest BCUT2D eigenvalue weighted by Gasteiger charge is 2.44. The monoisotopic (exact) mass is 613 g/mol. The van der Waals surface area contributed by atoms with Crippen LogP contribution in [0, 0.1) is 0 Å². The van der Waals surface area contributed by atoms with Crippen LogP contribution in [-0.2, 0) is 14.3 Å². The van der Waals surface area contributed by atoms with Gasteiger partial charge in [0.2, 0.25) is 5.91 Å². The molecule has 9 nitrogen and oxygen atoms in total. The van der Waals surface area contributed by atoms with Gasteiger partial charge in [0.15, 0.2) is 6.29 Å². The summed E-state index contributed by atoms with van der Waals surface area (Å²) in [4.78, 5) is 12.7. The van der Waals surface area contributed by atoms with Gasteiger partial charge in [-0.05, 0) is 44.9 Å². The Balaban J connectivity index is 2.28. The predicted molar refractivity (Wildman–Crippen MR) is 170 cm³/mol. The Morgan fingerprint density at radius 3 is 2.00 bits per heavy atom. The van der Waals surface area contributed by atoms with Crippen molar-refractivity contribution < 1.29 is 39.8 Å². The number of hydrogen-bond acceptors (Lipinski definition) is 8. The summed E-state index contributed by atoms with van der Waals surface area (Å²) in [7, 11) is 0. The van der Waals surface area contributed by atoms with Crippen LogP contribution in [0.25, 0.3) is 0 Å². The van der Waals surface area contributed by atoms with E-state index in [0.29, 0.717) is 12.8 Å². The Hall–Kier alpha value is -1.33. The molecule has 1 aliphatic heterocycles. The average molecular weight is 614 g/mol. The van der Waals surface area contributed by atoms with Crippen molar-refractivity contribution in [2.75, 3.05) is 13.2 Å². The molecule has 252 valence electrons. The van der Waals surface area contributed by atoms with Crippen LogP contribution in [0.3, 0.4) is 0 Å². The van der Waals surface area contributed by atoms with Gasteiger partial charge in [0.25, 0.3) is 0 Å². The minimum atomic E-state index is -1.55. The number of rotatable bonds is 26. The maximum atomic E-state index is 12.7. The lowest BCUT2D eigenvalue weighted by Crippen LogP contribution is -2.60. The number of aliphatic hydroxyl groups is 5. The van der Waals surface area contributed by atoms with Gasteiger partial charge in [0.1, 0.15) is 24.4 Å². The zero-order valence-electron chi connectivity index (χ0n) is 27.0. The topological polar surface area (TPSA) is 149 Å². The lowest BCUT2D eigenvalue weighted by molar-refractivity contribution is -0.302. The molecule has 0 saturated carbocycles. The summed E-state index contributed by atoms with van der Waals surface area (Å²) in [5, 5.41) is 53.3. The molecule has 1 amide bonds. The minimum Gasteiger partial charge on any atom is -0.394 e. The van der Waals surface area contributed by atoms with Crippen LogP contribution in [-0.4, -0.2) is 87.5 Å². The van der Waals surface area contributed by atoms with Crippen molar-refractivity contribution in [2.45, 2.75) is 172 Å². The van der Waals surface area contributed by atoms with Crippen LogP contribution in [0.2, 0.25) is 0 Å². The summed E-state index contributed by atoms with van der Waals surface area (Å²) in [6, 6.07) is -0.715. The van der Waals surface area contributed by atoms with Gasteiger partial charge in [-0.15, -0.1) is 0 Å². The Kier molecular flexibility index (Phi) is 23.9. The van der Waals surface area contributed by atoms with Crippen LogP contribution in [0.5, 0.6) is 0 Å². The molecule has 1 fully saturated rings. The van der Waals surface area contributed by atoms with E-state index in [4.69, 9.17) is 9.47 Å². The molecule has 43 heavy (non-hydrogen) atoms. The third-order valence-electron chi connectivity index (χ3n) is 8.06. The van der Waals surface area contributed by atoms with Gasteiger partial charge in [0.05, 0.1) is 25.4 Å². The largest absolute Gasteiger partial charge is 0.394 e. The van der Waals surface area contributed by atoms with Gasteiger partial charge < -0.3 is 40.3 Å². The van der Waals surface area contributed by atoms with Crippen molar-refractivity contribution in [3.8, 4) is 0 Å². The van der Waals surface area contributed by atoms with Gasteiger partial charge in [0, 0.05) is 6.42 Å². The highest BCUT2D eigenvalue weighted by atomic mass is 16.7. The van der Waals surface area contributed by atoms with E-state index in [9.17, 15) is 30.3 Å². The number of aliphatic hydroxyl groups excluding tert-OH is 5. The molecular formula is C34H63NO8. The SMILES string of the molecule is CCCCC/C=C\C/C=C\CCCCCCCCCC(=O)NC(COC1OC(CO)C(O)C(O)C1O)C(O)CCCCC. The maximum Gasteiger partial charge on any atom is 0.220 e. The van der Waals surface area contributed by atoms with Crippen molar-refractivity contribution in [3.63, 3.8) is 0 Å². The van der Waals surface area contributed by atoms with Gasteiger partial charge in [-0.3, -0.25) is 4.79 Å². The first kappa shape index (κ1) is 39.7. The summed E-state index contributed by atoms with van der Waals surface area (Å²) in [6.07, 6.45) is 19.8. The molecule has 7 unspecified atom stereocenters. The standard InChI is InChI=1S/C34H63NO8/c1-3-5-7-8-9-10-11-12-13-14-15-16-17-18-19-20-22-24-30(38)35-27(28(37)23-21-6-4-2)26-42-34-33(41)32(40)31(39)29(25-36)43-34/h9-10,12-13,27-29,31-34,36-37,39-41H,3-8,11,14-26H2,1-2H3,(H,35,38)/b10-9-,13-12-. The number of amides is 1. The molecule has 1 saturated heterocycles. The molecule has 1 aliphatic rings. The first-order valence-corrected chi connectivity index (χ1v) is 17.0. The molecule has 0 spiro atoms. The van der Waals surface area contributed by atoms with E-state index in [1.807, 2.05) is 0 Å². The minimum absolute atomic E-state index is 0.146. The highest BCUT2D eigenvalue weighted by Crippen LogP contribution is 2.22. The number of unbranched alkanes of at least 4 members (excludes halogenated alkanes) is 12. The number of ether oxygens (including phenoxy) is 2. The maximum absolute atomic E-state index is 12.7. The fraction of sp³-hybridized carbons (Fsp3) is 0.853. The van der Waals surface area contributed by atoms with Crippen LogP contribution >= 0.6 is 0 Å². The Morgan fingerprint density at radius 2 is 1.37 bits per heavy atom. The van der Waals surface area contributed by atoms with E-state index >= 15 is 0 Å². The number of carbonyl (C=O) groups excluding carboxylic acids is 1. The van der Waals surface area contributed by atoms with E-state index in [1.165, 1.54) is 44.9 Å². The summed E-state index contributed by atoms with van der Waals surface area (Å²) < 4.78 is 11.0. The van der Waals surface area contributed by atoms with E-state index in [0.717, 1.165) is 57.8 Å². The molecule has 9 heteroatoms. The molecule has 0 aromatic carbocycles. The summed E-state index contributed by atoms with van der Waals surface area (Å²) in [5.41, 5.74) is 0. The molecule has 7 atom stereocenters. The first-order valence-electron chi connectivity index (χ1n) is 17.0. The fourth-order valence-electron chi connectivity index (χ4n) is 5.19. The number of carbonyl (C=O) groups is 1. The lowest BCUT2D eigenvalue weighted by Gasteiger charge is -2.40. The summed E-state index contributed by atoms with van der Waals surface area (Å²) >= 11 is 0. The van der Waals surface area contributed by atoms with Crippen molar-refractivity contribution >= 4 is 5.91 Å². The first-order chi connectivity index (χ1) is 20.8. The van der Waals surface area contributed by atoms with Crippen LogP contribution in [0.4, 0.5) is 0 Å². The Morgan fingerprint density at radius 1 is 0.791 bits per heavy atom. The fourth-order valence-corrected chi connectivity index (χ4v) is 5.19. The number of allylic oxidation sites excluding steroid dienone is 4. The van der Waals surface area contributed by atoms with E-state index in [-0.39, 0.29) is 12.5 Å². The van der Waals surface area contributed by atoms with Crippen molar-refractivity contribution in [1.29, 1.82) is 0 Å². The number of hydrogen-bond donors (Lipinski definition) is 6. The number of nitrogens with one attached hydrogen (secondary N) is 1.